The number of halogens is 1. The first kappa shape index (κ1) is 21.2. The zero-order valence-corrected chi connectivity index (χ0v) is 18.4. The second kappa shape index (κ2) is 9.37. The first-order valence-electron chi connectivity index (χ1n) is 9.71. The van der Waals surface area contributed by atoms with Crippen molar-refractivity contribution < 1.29 is 4.79 Å². The number of aromatic nitrogens is 2. The molecule has 4 aromatic rings. The molecule has 0 spiro atoms. The monoisotopic (exact) mass is 449 g/mol. The predicted octanol–water partition coefficient (Wildman–Crippen LogP) is 4.79. The Kier molecular flexibility index (Phi) is 6.39. The maximum Gasteiger partial charge on any atom is 0.266 e. The molecule has 5 nitrogen and oxygen atoms in total. The summed E-state index contributed by atoms with van der Waals surface area (Å²) in [4.78, 5) is 32.3. The fraction of sp³-hybridized carbons (Fsp3) is 0.125. The minimum atomic E-state index is -0.194. The van der Waals surface area contributed by atoms with E-state index in [2.05, 4.69) is 4.98 Å². The van der Waals surface area contributed by atoms with Gasteiger partial charge in [0.15, 0.2) is 5.16 Å². The molecule has 3 aromatic carbocycles. The number of fused-ring (bicyclic) bond motifs is 1. The molecule has 1 heterocycles. The lowest BCUT2D eigenvalue weighted by Gasteiger charge is -2.18. The van der Waals surface area contributed by atoms with Crippen LogP contribution in [0.5, 0.6) is 0 Å². The fourth-order valence-electron chi connectivity index (χ4n) is 3.23. The van der Waals surface area contributed by atoms with Crippen LogP contribution in [0.1, 0.15) is 5.56 Å². The number of carbonyl (C=O) groups is 1. The molecule has 0 unspecified atom stereocenters. The standard InChI is InChI=1S/C24H20ClN3O2S/c1-27(15-17-8-3-2-4-9-17)22(29)16-31-24-26-21-13-6-5-12-20(21)23(30)28(24)19-11-7-10-18(25)14-19/h2-14H,15-16H2,1H3. The van der Waals surface area contributed by atoms with E-state index in [9.17, 15) is 9.59 Å². The number of hydrogen-bond acceptors (Lipinski definition) is 4. The summed E-state index contributed by atoms with van der Waals surface area (Å²) in [7, 11) is 1.77. The molecule has 0 atom stereocenters. The van der Waals surface area contributed by atoms with Crippen LogP contribution >= 0.6 is 23.4 Å². The number of para-hydroxylation sites is 1. The summed E-state index contributed by atoms with van der Waals surface area (Å²) in [6.07, 6.45) is 0. The van der Waals surface area contributed by atoms with E-state index in [0.717, 1.165) is 5.56 Å². The van der Waals surface area contributed by atoms with Gasteiger partial charge in [-0.3, -0.25) is 14.2 Å². The Morgan fingerprint density at radius 3 is 2.55 bits per heavy atom. The molecule has 1 aromatic heterocycles. The van der Waals surface area contributed by atoms with E-state index in [1.54, 1.807) is 48.3 Å². The van der Waals surface area contributed by atoms with Crippen LogP contribution in [0.25, 0.3) is 16.6 Å². The van der Waals surface area contributed by atoms with Gasteiger partial charge in [0.25, 0.3) is 5.56 Å². The second-order valence-corrected chi connectivity index (χ2v) is 8.43. The lowest BCUT2D eigenvalue weighted by Crippen LogP contribution is -2.28. The third-order valence-corrected chi connectivity index (χ3v) is 5.98. The van der Waals surface area contributed by atoms with Crippen molar-refractivity contribution in [1.82, 2.24) is 14.5 Å². The van der Waals surface area contributed by atoms with E-state index in [1.165, 1.54) is 16.3 Å². The second-order valence-electron chi connectivity index (χ2n) is 7.06. The predicted molar refractivity (Wildman–Crippen MR) is 126 cm³/mol. The van der Waals surface area contributed by atoms with Crippen LogP contribution in [0.15, 0.2) is 88.8 Å². The lowest BCUT2D eigenvalue weighted by molar-refractivity contribution is -0.127. The first-order chi connectivity index (χ1) is 15.0. The van der Waals surface area contributed by atoms with Crippen LogP contribution in [-0.4, -0.2) is 33.2 Å². The smallest absolute Gasteiger partial charge is 0.266 e. The van der Waals surface area contributed by atoms with Gasteiger partial charge in [-0.15, -0.1) is 0 Å². The summed E-state index contributed by atoms with van der Waals surface area (Å²) in [6.45, 7) is 0.520. The normalized spacial score (nSPS) is 10.9. The molecule has 4 rings (SSSR count). The molecule has 0 bridgehead atoms. The number of amides is 1. The van der Waals surface area contributed by atoms with Gasteiger partial charge < -0.3 is 4.90 Å². The van der Waals surface area contributed by atoms with Crippen molar-refractivity contribution in [1.29, 1.82) is 0 Å². The Labute approximate surface area is 189 Å². The summed E-state index contributed by atoms with van der Waals surface area (Å²) in [5.41, 5.74) is 2.07. The summed E-state index contributed by atoms with van der Waals surface area (Å²) in [5.74, 6) is 0.114. The molecule has 7 heteroatoms. The molecule has 0 fully saturated rings. The van der Waals surface area contributed by atoms with Crippen LogP contribution in [-0.2, 0) is 11.3 Å². The Hall–Kier alpha value is -3.09. The van der Waals surface area contributed by atoms with Crippen LogP contribution in [0.2, 0.25) is 5.02 Å². The first-order valence-corrected chi connectivity index (χ1v) is 11.1. The molecule has 0 aliphatic rings. The summed E-state index contributed by atoms with van der Waals surface area (Å²) in [6, 6.07) is 24.1. The van der Waals surface area contributed by atoms with Gasteiger partial charge in [0.2, 0.25) is 5.91 Å². The van der Waals surface area contributed by atoms with E-state index in [-0.39, 0.29) is 17.2 Å². The van der Waals surface area contributed by atoms with Gasteiger partial charge in [-0.2, -0.15) is 0 Å². The molecule has 0 aliphatic carbocycles. The number of benzene rings is 3. The van der Waals surface area contributed by atoms with Crippen molar-refractivity contribution in [2.45, 2.75) is 11.7 Å². The van der Waals surface area contributed by atoms with Crippen molar-refractivity contribution in [2.75, 3.05) is 12.8 Å². The Bertz CT molecular complexity index is 1290. The van der Waals surface area contributed by atoms with Crippen LogP contribution in [0.4, 0.5) is 0 Å². The number of thioether (sulfide) groups is 1. The highest BCUT2D eigenvalue weighted by Crippen LogP contribution is 2.23. The molecule has 0 aliphatic heterocycles. The zero-order valence-electron chi connectivity index (χ0n) is 16.9. The Balaban J connectivity index is 1.64. The zero-order chi connectivity index (χ0) is 21.8. The van der Waals surface area contributed by atoms with Gasteiger partial charge in [0.1, 0.15) is 0 Å². The minimum Gasteiger partial charge on any atom is -0.341 e. The third kappa shape index (κ3) is 4.81. The molecular weight excluding hydrogens is 430 g/mol. The molecule has 0 N–H and O–H groups in total. The highest BCUT2D eigenvalue weighted by Gasteiger charge is 2.16. The number of hydrogen-bond donors (Lipinski definition) is 0. The van der Waals surface area contributed by atoms with Crippen molar-refractivity contribution in [3.05, 3.63) is 99.8 Å². The number of nitrogens with zero attached hydrogens (tertiary/aromatic N) is 3. The van der Waals surface area contributed by atoms with Gasteiger partial charge in [0, 0.05) is 18.6 Å². The average molecular weight is 450 g/mol. The molecule has 31 heavy (non-hydrogen) atoms. The summed E-state index contributed by atoms with van der Waals surface area (Å²) >= 11 is 7.40. The van der Waals surface area contributed by atoms with E-state index in [4.69, 9.17) is 11.6 Å². The van der Waals surface area contributed by atoms with Gasteiger partial charge >= 0.3 is 0 Å². The van der Waals surface area contributed by atoms with Crippen molar-refractivity contribution in [3.8, 4) is 5.69 Å². The van der Waals surface area contributed by atoms with Crippen molar-refractivity contribution in [3.63, 3.8) is 0 Å². The Morgan fingerprint density at radius 2 is 1.77 bits per heavy atom. The lowest BCUT2D eigenvalue weighted by atomic mass is 10.2. The fourth-order valence-corrected chi connectivity index (χ4v) is 4.37. The quantitative estimate of drug-likeness (QED) is 0.313. The van der Waals surface area contributed by atoms with E-state index in [0.29, 0.717) is 33.3 Å². The summed E-state index contributed by atoms with van der Waals surface area (Å²) in [5, 5.41) is 1.49. The number of rotatable bonds is 6. The molecule has 0 saturated heterocycles. The highest BCUT2D eigenvalue weighted by molar-refractivity contribution is 7.99. The van der Waals surface area contributed by atoms with E-state index in [1.807, 2.05) is 42.5 Å². The number of carbonyl (C=O) groups excluding carboxylic acids is 1. The Morgan fingerprint density at radius 1 is 1.03 bits per heavy atom. The minimum absolute atomic E-state index is 0.0473. The SMILES string of the molecule is CN(Cc1ccccc1)C(=O)CSc1nc2ccccc2c(=O)n1-c1cccc(Cl)c1. The average Bonchev–Trinajstić information content (AvgIpc) is 2.78. The van der Waals surface area contributed by atoms with E-state index < -0.39 is 0 Å². The summed E-state index contributed by atoms with van der Waals surface area (Å²) < 4.78 is 1.52. The topological polar surface area (TPSA) is 55.2 Å². The molecule has 0 radical (unpaired) electrons. The van der Waals surface area contributed by atoms with Gasteiger partial charge in [-0.1, -0.05) is 71.9 Å². The molecule has 1 amide bonds. The van der Waals surface area contributed by atoms with Crippen LogP contribution < -0.4 is 5.56 Å². The third-order valence-electron chi connectivity index (χ3n) is 4.82. The van der Waals surface area contributed by atoms with Crippen LogP contribution in [0.3, 0.4) is 0 Å². The molecule has 0 saturated carbocycles. The van der Waals surface area contributed by atoms with Crippen molar-refractivity contribution >= 4 is 40.2 Å². The van der Waals surface area contributed by atoms with E-state index >= 15 is 0 Å². The van der Waals surface area contributed by atoms with Gasteiger partial charge in [-0.25, -0.2) is 4.98 Å². The van der Waals surface area contributed by atoms with Gasteiger partial charge in [-0.05, 0) is 35.9 Å². The van der Waals surface area contributed by atoms with Crippen LogP contribution in [0, 0.1) is 0 Å². The highest BCUT2D eigenvalue weighted by atomic mass is 35.5. The van der Waals surface area contributed by atoms with Gasteiger partial charge in [0.05, 0.1) is 22.3 Å². The maximum absolute atomic E-state index is 13.3. The van der Waals surface area contributed by atoms with Crippen molar-refractivity contribution in [2.24, 2.45) is 0 Å². The largest absolute Gasteiger partial charge is 0.341 e. The maximum atomic E-state index is 13.3. The molecular formula is C24H20ClN3O2S. The molecule has 156 valence electrons.